The largest absolute Gasteiger partial charge is 0.394 e. The van der Waals surface area contributed by atoms with E-state index in [1.165, 1.54) is 0 Å². The molecule has 0 saturated carbocycles. The van der Waals surface area contributed by atoms with Crippen molar-refractivity contribution in [2.24, 2.45) is 17.8 Å². The first kappa shape index (κ1) is 31.3. The van der Waals surface area contributed by atoms with Gasteiger partial charge in [-0.25, -0.2) is 0 Å². The molecule has 8 nitrogen and oxygen atoms in total. The number of carbonyl (C=O) groups excluding carboxylic acids is 3. The van der Waals surface area contributed by atoms with Crippen LogP contribution in [0.4, 0.5) is 0 Å². The van der Waals surface area contributed by atoms with Gasteiger partial charge in [-0.1, -0.05) is 59.6 Å². The molecule has 0 aromatic heterocycles. The number of amides is 3. The van der Waals surface area contributed by atoms with Crippen LogP contribution in [0, 0.1) is 17.8 Å². The lowest BCUT2D eigenvalue weighted by molar-refractivity contribution is -0.159. The van der Waals surface area contributed by atoms with Crippen LogP contribution in [0.25, 0.3) is 0 Å². The van der Waals surface area contributed by atoms with Gasteiger partial charge in [-0.2, -0.15) is 0 Å². The Kier molecular flexibility index (Phi) is 10.4. The zero-order chi connectivity index (χ0) is 29.0. The molecule has 3 amide bonds. The number of ether oxygens (including phenoxy) is 1. The number of likely N-dealkylation sites (tertiary alicyclic amines) is 1. The second-order valence-corrected chi connectivity index (χ2v) is 11.7. The van der Waals surface area contributed by atoms with Crippen molar-refractivity contribution in [2.75, 3.05) is 32.8 Å². The molecule has 2 bridgehead atoms. The van der Waals surface area contributed by atoms with Crippen molar-refractivity contribution in [3.8, 4) is 0 Å². The van der Waals surface area contributed by atoms with Crippen molar-refractivity contribution in [1.82, 2.24) is 14.7 Å². The van der Waals surface area contributed by atoms with Crippen LogP contribution in [0.15, 0.2) is 25.3 Å². The van der Waals surface area contributed by atoms with E-state index in [0.717, 1.165) is 25.7 Å². The van der Waals surface area contributed by atoms with Gasteiger partial charge < -0.3 is 24.5 Å². The molecule has 0 aromatic rings. The molecule has 3 fully saturated rings. The molecule has 3 saturated heterocycles. The monoisotopic (exact) mass is 545 g/mol. The number of nitrogens with zero attached hydrogens (tertiary/aromatic N) is 3. The maximum absolute atomic E-state index is 14.6. The highest BCUT2D eigenvalue weighted by atomic mass is 16.5. The molecule has 3 heterocycles. The van der Waals surface area contributed by atoms with E-state index in [9.17, 15) is 19.5 Å². The fourth-order valence-electron chi connectivity index (χ4n) is 7.37. The lowest BCUT2D eigenvalue weighted by atomic mass is 9.64. The average Bonchev–Trinajstić information content (AvgIpc) is 3.54. The highest BCUT2D eigenvalue weighted by Crippen LogP contribution is 2.65. The quantitative estimate of drug-likeness (QED) is 0.298. The summed E-state index contributed by atoms with van der Waals surface area (Å²) in [5, 5.41) is 10.6. The molecule has 1 N–H and O–H groups in total. The molecule has 220 valence electrons. The van der Waals surface area contributed by atoms with Crippen molar-refractivity contribution < 1.29 is 24.2 Å². The van der Waals surface area contributed by atoms with Gasteiger partial charge in [0.25, 0.3) is 0 Å². The molecule has 0 aliphatic carbocycles. The minimum absolute atomic E-state index is 0.0307. The van der Waals surface area contributed by atoms with Crippen LogP contribution in [-0.4, -0.2) is 93.6 Å². The van der Waals surface area contributed by atoms with E-state index >= 15 is 0 Å². The lowest BCUT2D eigenvalue weighted by Gasteiger charge is -2.41. The summed E-state index contributed by atoms with van der Waals surface area (Å²) in [6, 6.07) is -1.42. The predicted molar refractivity (Wildman–Crippen MR) is 153 cm³/mol. The lowest BCUT2D eigenvalue weighted by Crippen LogP contribution is -2.60. The van der Waals surface area contributed by atoms with Gasteiger partial charge in [0.15, 0.2) is 0 Å². The molecule has 0 aromatic carbocycles. The standard InChI is InChI=1S/C31H51N3O5/c1-8-14-20-33(19-11-4)29(38)26-31-16-15-30(13-6,39-31)24(27(36)32(17-9-2)18-10-3)25(31)28(37)34(26)23(21-35)22(7)12-5/h9,11,22-26,35H,2,4,8,10,12-21H2,1,3,5-7H3/t22-,23-,24-,25-,26?,30+,31?/m0/s1. The van der Waals surface area contributed by atoms with Crippen LogP contribution < -0.4 is 0 Å². The first-order chi connectivity index (χ1) is 18.7. The Morgan fingerprint density at radius 1 is 1.08 bits per heavy atom. The van der Waals surface area contributed by atoms with Crippen molar-refractivity contribution in [3.05, 3.63) is 25.3 Å². The van der Waals surface area contributed by atoms with Gasteiger partial charge in [-0.3, -0.25) is 14.4 Å². The van der Waals surface area contributed by atoms with Crippen molar-refractivity contribution in [2.45, 2.75) is 103 Å². The Hall–Kier alpha value is -2.19. The Balaban J connectivity index is 2.18. The zero-order valence-corrected chi connectivity index (χ0v) is 24.9. The van der Waals surface area contributed by atoms with Crippen LogP contribution >= 0.6 is 0 Å². The summed E-state index contributed by atoms with van der Waals surface area (Å²) in [4.78, 5) is 48.5. The highest BCUT2D eigenvalue weighted by molar-refractivity contribution is 5.99. The minimum Gasteiger partial charge on any atom is -0.394 e. The number of aliphatic hydroxyl groups is 1. The van der Waals surface area contributed by atoms with E-state index in [1.54, 1.807) is 26.9 Å². The number of aliphatic hydroxyl groups excluding tert-OH is 1. The second kappa shape index (κ2) is 13.0. The summed E-state index contributed by atoms with van der Waals surface area (Å²) in [6.07, 6.45) is 8.48. The fraction of sp³-hybridized carbons (Fsp3) is 0.774. The molecule has 1 spiro atoms. The smallest absolute Gasteiger partial charge is 0.248 e. The van der Waals surface area contributed by atoms with Crippen LogP contribution in [0.5, 0.6) is 0 Å². The Morgan fingerprint density at radius 3 is 2.23 bits per heavy atom. The van der Waals surface area contributed by atoms with Gasteiger partial charge in [0.2, 0.25) is 17.7 Å². The van der Waals surface area contributed by atoms with Crippen LogP contribution in [-0.2, 0) is 19.1 Å². The Labute approximate surface area is 235 Å². The zero-order valence-electron chi connectivity index (χ0n) is 24.9. The van der Waals surface area contributed by atoms with E-state index in [2.05, 4.69) is 20.1 Å². The van der Waals surface area contributed by atoms with Gasteiger partial charge in [0.1, 0.15) is 11.6 Å². The minimum atomic E-state index is -1.09. The summed E-state index contributed by atoms with van der Waals surface area (Å²) < 4.78 is 6.95. The summed E-state index contributed by atoms with van der Waals surface area (Å²) in [5.74, 6) is -1.95. The molecule has 8 heteroatoms. The van der Waals surface area contributed by atoms with Crippen molar-refractivity contribution in [1.29, 1.82) is 0 Å². The number of unbranched alkanes of at least 4 members (excludes halogenated alkanes) is 1. The second-order valence-electron chi connectivity index (χ2n) is 11.7. The molecule has 39 heavy (non-hydrogen) atoms. The molecular weight excluding hydrogens is 494 g/mol. The number of carbonyl (C=O) groups is 3. The number of hydrogen-bond donors (Lipinski definition) is 1. The molecular formula is C31H51N3O5. The summed E-state index contributed by atoms with van der Waals surface area (Å²) in [5.41, 5.74) is -1.88. The van der Waals surface area contributed by atoms with Crippen LogP contribution in [0.1, 0.15) is 79.6 Å². The van der Waals surface area contributed by atoms with Crippen LogP contribution in [0.3, 0.4) is 0 Å². The highest BCUT2D eigenvalue weighted by Gasteiger charge is 2.79. The van der Waals surface area contributed by atoms with Crippen molar-refractivity contribution >= 4 is 17.7 Å². The molecule has 7 atom stereocenters. The third-order valence-electron chi connectivity index (χ3n) is 9.56. The first-order valence-electron chi connectivity index (χ1n) is 15.1. The van der Waals surface area contributed by atoms with Gasteiger partial charge in [0, 0.05) is 26.2 Å². The van der Waals surface area contributed by atoms with E-state index in [-0.39, 0.29) is 30.2 Å². The summed E-state index contributed by atoms with van der Waals surface area (Å²) in [7, 11) is 0. The number of rotatable bonds is 16. The Bertz CT molecular complexity index is 924. The maximum Gasteiger partial charge on any atom is 0.248 e. The molecule has 3 aliphatic rings. The first-order valence-corrected chi connectivity index (χ1v) is 15.1. The molecule has 0 radical (unpaired) electrons. The van der Waals surface area contributed by atoms with E-state index in [1.807, 2.05) is 27.7 Å². The van der Waals surface area contributed by atoms with Gasteiger partial charge in [0.05, 0.1) is 30.1 Å². The Morgan fingerprint density at radius 2 is 1.72 bits per heavy atom. The summed E-state index contributed by atoms with van der Waals surface area (Å²) in [6.45, 7) is 19.5. The van der Waals surface area contributed by atoms with Gasteiger partial charge in [-0.15, -0.1) is 13.2 Å². The fourth-order valence-corrected chi connectivity index (χ4v) is 7.37. The SMILES string of the molecule is C=CCN(CCCC)C(=O)C1N([C@@H](CO)[C@@H](C)CC)C(=O)[C@@H]2[C@@H](C(=O)N(CC=C)CCC)[C@@]3(CC)CCC12O3. The number of hydrogen-bond acceptors (Lipinski definition) is 5. The molecule has 3 aliphatic heterocycles. The predicted octanol–water partition coefficient (Wildman–Crippen LogP) is 3.79. The van der Waals surface area contributed by atoms with E-state index in [0.29, 0.717) is 45.4 Å². The van der Waals surface area contributed by atoms with E-state index in [4.69, 9.17) is 4.74 Å². The molecule has 3 rings (SSSR count). The summed E-state index contributed by atoms with van der Waals surface area (Å²) >= 11 is 0. The maximum atomic E-state index is 14.6. The van der Waals surface area contributed by atoms with Crippen molar-refractivity contribution in [3.63, 3.8) is 0 Å². The molecule has 2 unspecified atom stereocenters. The average molecular weight is 546 g/mol. The van der Waals surface area contributed by atoms with Crippen LogP contribution in [0.2, 0.25) is 0 Å². The topological polar surface area (TPSA) is 90.4 Å². The van der Waals surface area contributed by atoms with Gasteiger partial charge in [-0.05, 0) is 38.0 Å². The third kappa shape index (κ3) is 5.19. The number of fused-ring (bicyclic) bond motifs is 1. The van der Waals surface area contributed by atoms with E-state index < -0.39 is 35.1 Å². The normalized spacial score (nSPS) is 30.7. The third-order valence-corrected chi connectivity index (χ3v) is 9.56. The van der Waals surface area contributed by atoms with Gasteiger partial charge >= 0.3 is 0 Å².